The number of benzene rings is 3. The third-order valence-electron chi connectivity index (χ3n) is 5.48. The second kappa shape index (κ2) is 16.6. The van der Waals surface area contributed by atoms with Crippen molar-refractivity contribution in [2.24, 2.45) is 0 Å². The van der Waals surface area contributed by atoms with Crippen LogP contribution in [0.3, 0.4) is 0 Å². The summed E-state index contributed by atoms with van der Waals surface area (Å²) in [6.07, 6.45) is -1.95. The van der Waals surface area contributed by atoms with Crippen LogP contribution in [0.5, 0.6) is 0 Å². The van der Waals surface area contributed by atoms with Crippen molar-refractivity contribution >= 4 is 5.97 Å². The Bertz CT molecular complexity index is 998. The number of carbonyl (C=O) groups is 1. The van der Waals surface area contributed by atoms with Crippen LogP contribution < -0.4 is 0 Å². The minimum absolute atomic E-state index is 0.0569. The number of esters is 1. The van der Waals surface area contributed by atoms with E-state index >= 15 is 0 Å². The monoisotopic (exact) mass is 508 g/mol. The van der Waals surface area contributed by atoms with E-state index in [1.165, 1.54) is 6.92 Å². The Labute approximate surface area is 219 Å². The molecule has 0 aliphatic carbocycles. The molecule has 0 heterocycles. The van der Waals surface area contributed by atoms with Crippen molar-refractivity contribution in [1.29, 1.82) is 0 Å². The summed E-state index contributed by atoms with van der Waals surface area (Å²) >= 11 is 0. The molecule has 198 valence electrons. The standard InChI is InChI=1S/C30H36O7/c1-3-36-37-29(23-33-24(2)31)30(35-21-27-17-11-6-12-18-27)28(34-20-26-15-9-5-10-16-26)22-32-19-25-13-7-4-8-14-25/h4-18,28-30H,3,19-23H2,1-2H3/t28-,29-,30+/m1/s1. The number of hydrogen-bond acceptors (Lipinski definition) is 7. The molecular weight excluding hydrogens is 472 g/mol. The first-order valence-electron chi connectivity index (χ1n) is 12.5. The topological polar surface area (TPSA) is 72.5 Å². The lowest BCUT2D eigenvalue weighted by atomic mass is 10.1. The number of hydrogen-bond donors (Lipinski definition) is 0. The summed E-state index contributed by atoms with van der Waals surface area (Å²) in [6.45, 7) is 4.73. The highest BCUT2D eigenvalue weighted by Gasteiger charge is 2.35. The average molecular weight is 509 g/mol. The molecule has 3 aromatic rings. The molecule has 7 nitrogen and oxygen atoms in total. The normalized spacial score (nSPS) is 13.6. The third kappa shape index (κ3) is 10.8. The minimum atomic E-state index is -0.742. The van der Waals surface area contributed by atoms with E-state index in [-0.39, 0.29) is 13.2 Å². The second-order valence-electron chi connectivity index (χ2n) is 8.44. The number of carbonyl (C=O) groups excluding carboxylic acids is 1. The Hall–Kier alpha value is -3.07. The molecule has 3 aromatic carbocycles. The highest BCUT2D eigenvalue weighted by Crippen LogP contribution is 2.19. The summed E-state index contributed by atoms with van der Waals surface area (Å²) in [7, 11) is 0. The van der Waals surface area contributed by atoms with Crippen LogP contribution in [0.1, 0.15) is 30.5 Å². The Balaban J connectivity index is 1.81. The molecule has 0 spiro atoms. The van der Waals surface area contributed by atoms with Crippen LogP contribution in [0.4, 0.5) is 0 Å². The molecule has 0 aromatic heterocycles. The quantitative estimate of drug-likeness (QED) is 0.140. The predicted octanol–water partition coefficient (Wildman–Crippen LogP) is 5.27. The first kappa shape index (κ1) is 28.5. The Morgan fingerprint density at radius 3 is 1.70 bits per heavy atom. The first-order chi connectivity index (χ1) is 18.2. The molecular formula is C30H36O7. The van der Waals surface area contributed by atoms with Gasteiger partial charge in [-0.25, -0.2) is 9.78 Å². The van der Waals surface area contributed by atoms with E-state index in [1.54, 1.807) is 0 Å². The highest BCUT2D eigenvalue weighted by atomic mass is 17.2. The van der Waals surface area contributed by atoms with Crippen molar-refractivity contribution < 1.29 is 33.5 Å². The maximum Gasteiger partial charge on any atom is 0.302 e. The fraction of sp³-hybridized carbons (Fsp3) is 0.367. The molecule has 3 atom stereocenters. The lowest BCUT2D eigenvalue weighted by Gasteiger charge is -2.32. The molecule has 0 aliphatic rings. The van der Waals surface area contributed by atoms with Crippen molar-refractivity contribution in [2.45, 2.75) is 52.0 Å². The van der Waals surface area contributed by atoms with Crippen molar-refractivity contribution in [1.82, 2.24) is 0 Å². The zero-order valence-corrected chi connectivity index (χ0v) is 21.5. The second-order valence-corrected chi connectivity index (χ2v) is 8.44. The SMILES string of the molecule is CCOO[C@H](COC(C)=O)[C@@H](OCc1ccccc1)[C@@H](COCc1ccccc1)OCc1ccccc1. The van der Waals surface area contributed by atoms with Gasteiger partial charge in [-0.2, -0.15) is 0 Å². The van der Waals surface area contributed by atoms with E-state index in [4.69, 9.17) is 28.7 Å². The number of ether oxygens (including phenoxy) is 4. The van der Waals surface area contributed by atoms with Crippen LogP contribution >= 0.6 is 0 Å². The zero-order valence-electron chi connectivity index (χ0n) is 21.5. The van der Waals surface area contributed by atoms with Gasteiger partial charge in [0.05, 0.1) is 33.0 Å². The largest absolute Gasteiger partial charge is 0.463 e. The van der Waals surface area contributed by atoms with Crippen LogP contribution in [0.15, 0.2) is 91.0 Å². The summed E-state index contributed by atoms with van der Waals surface area (Å²) < 4.78 is 24.1. The zero-order chi connectivity index (χ0) is 26.1. The van der Waals surface area contributed by atoms with Gasteiger partial charge in [0, 0.05) is 6.92 Å². The summed E-state index contributed by atoms with van der Waals surface area (Å²) in [5.74, 6) is -0.422. The van der Waals surface area contributed by atoms with Gasteiger partial charge in [0.1, 0.15) is 18.8 Å². The smallest absolute Gasteiger partial charge is 0.302 e. The lowest BCUT2D eigenvalue weighted by molar-refractivity contribution is -0.351. The molecule has 0 radical (unpaired) electrons. The van der Waals surface area contributed by atoms with Gasteiger partial charge in [-0.3, -0.25) is 4.79 Å². The predicted molar refractivity (Wildman–Crippen MR) is 139 cm³/mol. The fourth-order valence-electron chi connectivity index (χ4n) is 3.64. The van der Waals surface area contributed by atoms with Gasteiger partial charge in [-0.15, -0.1) is 0 Å². The van der Waals surface area contributed by atoms with Crippen LogP contribution in [-0.2, 0) is 53.3 Å². The molecule has 3 rings (SSSR count). The van der Waals surface area contributed by atoms with Gasteiger partial charge < -0.3 is 18.9 Å². The molecule has 0 fully saturated rings. The van der Waals surface area contributed by atoms with Crippen LogP contribution in [0, 0.1) is 0 Å². The van der Waals surface area contributed by atoms with Crippen molar-refractivity contribution in [3.8, 4) is 0 Å². The molecule has 7 heteroatoms. The minimum Gasteiger partial charge on any atom is -0.463 e. The molecule has 0 aliphatic heterocycles. The Morgan fingerprint density at radius 2 is 1.19 bits per heavy atom. The van der Waals surface area contributed by atoms with E-state index in [0.29, 0.717) is 26.4 Å². The van der Waals surface area contributed by atoms with Crippen molar-refractivity contribution in [3.05, 3.63) is 108 Å². The number of rotatable bonds is 17. The van der Waals surface area contributed by atoms with Crippen LogP contribution in [-0.4, -0.2) is 44.1 Å². The van der Waals surface area contributed by atoms with Gasteiger partial charge in [-0.1, -0.05) is 91.0 Å². The Kier molecular flexibility index (Phi) is 12.8. The molecule has 0 saturated carbocycles. The molecule has 0 N–H and O–H groups in total. The molecule has 0 amide bonds. The van der Waals surface area contributed by atoms with E-state index < -0.39 is 24.3 Å². The van der Waals surface area contributed by atoms with Gasteiger partial charge in [-0.05, 0) is 23.6 Å². The van der Waals surface area contributed by atoms with E-state index in [0.717, 1.165) is 16.7 Å². The molecule has 0 bridgehead atoms. The molecule has 0 unspecified atom stereocenters. The van der Waals surface area contributed by atoms with Crippen LogP contribution in [0.2, 0.25) is 0 Å². The van der Waals surface area contributed by atoms with Gasteiger partial charge >= 0.3 is 5.97 Å². The van der Waals surface area contributed by atoms with Gasteiger partial charge in [0.15, 0.2) is 6.10 Å². The maximum absolute atomic E-state index is 11.6. The first-order valence-corrected chi connectivity index (χ1v) is 12.5. The maximum atomic E-state index is 11.6. The summed E-state index contributed by atoms with van der Waals surface area (Å²) in [5.41, 5.74) is 3.05. The van der Waals surface area contributed by atoms with E-state index in [2.05, 4.69) is 0 Å². The summed E-state index contributed by atoms with van der Waals surface area (Å²) in [5, 5.41) is 0. The summed E-state index contributed by atoms with van der Waals surface area (Å²) in [4.78, 5) is 22.6. The molecule has 37 heavy (non-hydrogen) atoms. The molecule has 0 saturated heterocycles. The van der Waals surface area contributed by atoms with Gasteiger partial charge in [0.2, 0.25) is 0 Å². The third-order valence-corrected chi connectivity index (χ3v) is 5.48. The van der Waals surface area contributed by atoms with E-state index in [9.17, 15) is 4.79 Å². The van der Waals surface area contributed by atoms with Crippen molar-refractivity contribution in [3.63, 3.8) is 0 Å². The van der Waals surface area contributed by atoms with Crippen molar-refractivity contribution in [2.75, 3.05) is 19.8 Å². The fourth-order valence-corrected chi connectivity index (χ4v) is 3.64. The van der Waals surface area contributed by atoms with Gasteiger partial charge in [0.25, 0.3) is 0 Å². The lowest BCUT2D eigenvalue weighted by Crippen LogP contribution is -2.47. The van der Waals surface area contributed by atoms with E-state index in [1.807, 2.05) is 97.9 Å². The Morgan fingerprint density at radius 1 is 0.676 bits per heavy atom. The average Bonchev–Trinajstić information content (AvgIpc) is 2.93. The highest BCUT2D eigenvalue weighted by molar-refractivity contribution is 5.65. The summed E-state index contributed by atoms with van der Waals surface area (Å²) in [6, 6.07) is 29.6. The van der Waals surface area contributed by atoms with Crippen LogP contribution in [0.25, 0.3) is 0 Å².